The quantitative estimate of drug-likeness (QED) is 0.757. The summed E-state index contributed by atoms with van der Waals surface area (Å²) >= 11 is 0. The second-order valence-corrected chi connectivity index (χ2v) is 5.61. The highest BCUT2D eigenvalue weighted by atomic mass is 16.4. The normalized spacial score (nSPS) is 16.7. The van der Waals surface area contributed by atoms with E-state index in [-0.39, 0.29) is 12.3 Å². The lowest BCUT2D eigenvalue weighted by Gasteiger charge is -2.18. The molecule has 0 saturated carbocycles. The second-order valence-electron chi connectivity index (χ2n) is 5.61. The molecule has 114 valence electrons. The molecule has 0 spiro atoms. The van der Waals surface area contributed by atoms with Gasteiger partial charge in [0.25, 0.3) is 0 Å². The number of hydrogen-bond acceptors (Lipinski definition) is 3. The summed E-state index contributed by atoms with van der Waals surface area (Å²) in [7, 11) is 0. The molecule has 3 N–H and O–H groups in total. The fourth-order valence-electron chi connectivity index (χ4n) is 2.70. The molecule has 0 bridgehead atoms. The summed E-state index contributed by atoms with van der Waals surface area (Å²) in [5.74, 6) is -1.62. The molecule has 2 unspecified atom stereocenters. The average Bonchev–Trinajstić information content (AvgIpc) is 2.44. The fraction of sp³-hybridized carbons (Fsp3) is 0.500. The molecule has 21 heavy (non-hydrogen) atoms. The maximum absolute atomic E-state index is 11.9. The third-order valence-electron chi connectivity index (χ3n) is 3.84. The van der Waals surface area contributed by atoms with E-state index >= 15 is 0 Å². The number of rotatable bonds is 5. The van der Waals surface area contributed by atoms with Crippen LogP contribution in [0.15, 0.2) is 18.2 Å². The van der Waals surface area contributed by atoms with Crippen LogP contribution in [0.1, 0.15) is 36.5 Å². The Labute approximate surface area is 124 Å². The van der Waals surface area contributed by atoms with Crippen LogP contribution < -0.4 is 5.32 Å². The number of aliphatic hydroxyl groups is 1. The lowest BCUT2D eigenvalue weighted by Crippen LogP contribution is -2.48. The summed E-state index contributed by atoms with van der Waals surface area (Å²) in [6, 6.07) is 4.74. The van der Waals surface area contributed by atoms with Gasteiger partial charge in [-0.05, 0) is 49.3 Å². The van der Waals surface area contributed by atoms with Crippen LogP contribution in [-0.4, -0.2) is 34.2 Å². The van der Waals surface area contributed by atoms with Gasteiger partial charge in [-0.15, -0.1) is 0 Å². The van der Waals surface area contributed by atoms with Crippen LogP contribution in [0, 0.1) is 0 Å². The van der Waals surface area contributed by atoms with Crippen molar-refractivity contribution in [2.75, 3.05) is 0 Å². The van der Waals surface area contributed by atoms with Crippen molar-refractivity contribution < 1.29 is 19.8 Å². The van der Waals surface area contributed by atoms with Crippen LogP contribution in [-0.2, 0) is 28.9 Å². The highest BCUT2D eigenvalue weighted by Gasteiger charge is 2.24. The lowest BCUT2D eigenvalue weighted by atomic mass is 9.90. The molecule has 1 aromatic rings. The Morgan fingerprint density at radius 3 is 2.52 bits per heavy atom. The monoisotopic (exact) mass is 291 g/mol. The molecule has 0 saturated heterocycles. The van der Waals surface area contributed by atoms with Gasteiger partial charge in [0.05, 0.1) is 12.5 Å². The Bertz CT molecular complexity index is 539. The Balaban J connectivity index is 2.01. The maximum atomic E-state index is 11.9. The third-order valence-corrected chi connectivity index (χ3v) is 3.84. The van der Waals surface area contributed by atoms with Crippen molar-refractivity contribution in [2.45, 2.75) is 51.2 Å². The molecule has 0 heterocycles. The molecule has 0 aliphatic heterocycles. The van der Waals surface area contributed by atoms with Crippen molar-refractivity contribution in [3.8, 4) is 0 Å². The molecule has 1 aromatic carbocycles. The van der Waals surface area contributed by atoms with Gasteiger partial charge >= 0.3 is 5.97 Å². The number of fused-ring (bicyclic) bond motifs is 1. The molecule has 5 heteroatoms. The molecule has 0 radical (unpaired) electrons. The van der Waals surface area contributed by atoms with Crippen molar-refractivity contribution in [1.82, 2.24) is 5.32 Å². The Kier molecular flexibility index (Phi) is 4.96. The maximum Gasteiger partial charge on any atom is 0.328 e. The van der Waals surface area contributed by atoms with Gasteiger partial charge < -0.3 is 15.5 Å². The molecule has 1 aliphatic carbocycles. The predicted octanol–water partition coefficient (Wildman–Crippen LogP) is 1.06. The topological polar surface area (TPSA) is 86.6 Å². The zero-order chi connectivity index (χ0) is 15.4. The molecule has 2 rings (SSSR count). The Hall–Kier alpha value is -1.88. The minimum Gasteiger partial charge on any atom is -0.480 e. The zero-order valence-electron chi connectivity index (χ0n) is 12.1. The van der Waals surface area contributed by atoms with E-state index in [4.69, 9.17) is 5.11 Å². The first kappa shape index (κ1) is 15.5. The van der Waals surface area contributed by atoms with Crippen LogP contribution >= 0.6 is 0 Å². The zero-order valence-corrected chi connectivity index (χ0v) is 12.1. The van der Waals surface area contributed by atoms with E-state index < -0.39 is 18.1 Å². The Morgan fingerprint density at radius 2 is 1.90 bits per heavy atom. The summed E-state index contributed by atoms with van der Waals surface area (Å²) in [4.78, 5) is 22.9. The van der Waals surface area contributed by atoms with Gasteiger partial charge in [-0.1, -0.05) is 18.2 Å². The molecular weight excluding hydrogens is 270 g/mol. The van der Waals surface area contributed by atoms with Gasteiger partial charge in [-0.25, -0.2) is 4.79 Å². The first-order valence-electron chi connectivity index (χ1n) is 7.28. The van der Waals surface area contributed by atoms with Crippen molar-refractivity contribution in [3.05, 3.63) is 34.9 Å². The van der Waals surface area contributed by atoms with E-state index in [1.807, 2.05) is 12.1 Å². The van der Waals surface area contributed by atoms with Gasteiger partial charge in [-0.3, -0.25) is 4.79 Å². The van der Waals surface area contributed by atoms with Crippen molar-refractivity contribution in [3.63, 3.8) is 0 Å². The van der Waals surface area contributed by atoms with E-state index in [2.05, 4.69) is 11.4 Å². The number of benzene rings is 1. The molecule has 2 atom stereocenters. The molecule has 0 aromatic heterocycles. The number of aliphatic carboxylic acids is 1. The van der Waals surface area contributed by atoms with Crippen LogP contribution in [0.4, 0.5) is 0 Å². The summed E-state index contributed by atoms with van der Waals surface area (Å²) in [6.07, 6.45) is 3.51. The summed E-state index contributed by atoms with van der Waals surface area (Å²) in [6.45, 7) is 1.35. The minimum atomic E-state index is -1.27. The number of carboxylic acids is 1. The first-order valence-corrected chi connectivity index (χ1v) is 7.28. The predicted molar refractivity (Wildman–Crippen MR) is 78.0 cm³/mol. The third kappa shape index (κ3) is 4.04. The first-order chi connectivity index (χ1) is 9.97. The number of carboxylic acid groups (broad SMARTS) is 1. The van der Waals surface area contributed by atoms with Gasteiger partial charge in [0.15, 0.2) is 6.04 Å². The van der Waals surface area contributed by atoms with Crippen molar-refractivity contribution in [1.29, 1.82) is 0 Å². The highest BCUT2D eigenvalue weighted by Crippen LogP contribution is 2.22. The van der Waals surface area contributed by atoms with Crippen molar-refractivity contribution >= 4 is 11.9 Å². The minimum absolute atomic E-state index is 0.129. The molecule has 0 fully saturated rings. The van der Waals surface area contributed by atoms with E-state index in [0.29, 0.717) is 0 Å². The van der Waals surface area contributed by atoms with E-state index in [1.165, 1.54) is 30.9 Å². The summed E-state index contributed by atoms with van der Waals surface area (Å²) in [5, 5.41) is 20.7. The van der Waals surface area contributed by atoms with Gasteiger partial charge in [-0.2, -0.15) is 0 Å². The number of aliphatic hydroxyl groups excluding tert-OH is 1. The van der Waals surface area contributed by atoms with Crippen LogP contribution in [0.3, 0.4) is 0 Å². The summed E-state index contributed by atoms with van der Waals surface area (Å²) < 4.78 is 0. The average molecular weight is 291 g/mol. The molecule has 1 aliphatic rings. The van der Waals surface area contributed by atoms with Crippen LogP contribution in [0.2, 0.25) is 0 Å². The van der Waals surface area contributed by atoms with E-state index in [9.17, 15) is 14.7 Å². The highest BCUT2D eigenvalue weighted by molar-refractivity contribution is 5.85. The van der Waals surface area contributed by atoms with Crippen LogP contribution in [0.5, 0.6) is 0 Å². The molecular formula is C16H21NO4. The Morgan fingerprint density at radius 1 is 1.24 bits per heavy atom. The largest absolute Gasteiger partial charge is 0.480 e. The molecule has 1 amide bonds. The molecule has 5 nitrogen and oxygen atoms in total. The fourth-order valence-corrected chi connectivity index (χ4v) is 2.70. The number of hydrogen-bond donors (Lipinski definition) is 3. The summed E-state index contributed by atoms with van der Waals surface area (Å²) in [5.41, 5.74) is 3.51. The van der Waals surface area contributed by atoms with Gasteiger partial charge in [0, 0.05) is 0 Å². The van der Waals surface area contributed by atoms with Crippen LogP contribution in [0.25, 0.3) is 0 Å². The number of carbonyl (C=O) groups is 2. The smallest absolute Gasteiger partial charge is 0.328 e. The number of aryl methyl sites for hydroxylation is 2. The number of amides is 1. The van der Waals surface area contributed by atoms with Gasteiger partial charge in [0.1, 0.15) is 0 Å². The van der Waals surface area contributed by atoms with E-state index in [1.54, 1.807) is 0 Å². The van der Waals surface area contributed by atoms with Gasteiger partial charge in [0.2, 0.25) is 5.91 Å². The SMILES string of the molecule is CC(O)C(NC(=O)Cc1ccc2c(c1)CCCC2)C(=O)O. The number of carbonyl (C=O) groups excluding carboxylic acids is 1. The standard InChI is InChI=1S/C16H21NO4/c1-10(18)15(16(20)21)17-14(19)9-11-6-7-12-4-2-3-5-13(12)8-11/h6-8,10,15,18H,2-5,9H2,1H3,(H,17,19)(H,20,21). The second kappa shape index (κ2) is 6.72. The lowest BCUT2D eigenvalue weighted by molar-refractivity contribution is -0.144. The van der Waals surface area contributed by atoms with E-state index in [0.717, 1.165) is 18.4 Å². The number of nitrogens with one attached hydrogen (secondary N) is 1. The van der Waals surface area contributed by atoms with Crippen molar-refractivity contribution in [2.24, 2.45) is 0 Å².